The van der Waals surface area contributed by atoms with Crippen LogP contribution in [-0.4, -0.2) is 50.9 Å². The number of aliphatic hydroxyl groups excluding tert-OH is 1. The third-order valence-corrected chi connectivity index (χ3v) is 9.90. The van der Waals surface area contributed by atoms with Crippen molar-refractivity contribution < 1.29 is 23.8 Å². The predicted octanol–water partition coefficient (Wildman–Crippen LogP) is 2.97. The van der Waals surface area contributed by atoms with Crippen LogP contribution in [-0.2, 0) is 18.7 Å². The van der Waals surface area contributed by atoms with E-state index in [9.17, 15) is 9.90 Å². The van der Waals surface area contributed by atoms with Crippen molar-refractivity contribution in [1.82, 2.24) is 0 Å². The number of ether oxygens (including phenoxy) is 2. The average molecular weight is 347 g/mol. The average Bonchev–Trinajstić information content (AvgIpc) is 2.41. The van der Waals surface area contributed by atoms with Crippen LogP contribution < -0.4 is 0 Å². The zero-order valence-corrected chi connectivity index (χ0v) is 16.9. The van der Waals surface area contributed by atoms with Crippen LogP contribution in [0.15, 0.2) is 0 Å². The van der Waals surface area contributed by atoms with E-state index in [4.69, 9.17) is 13.9 Å². The number of esters is 1. The van der Waals surface area contributed by atoms with Crippen molar-refractivity contribution in [2.75, 3.05) is 13.2 Å². The smallest absolute Gasteiger partial charge is 0.302 e. The minimum absolute atomic E-state index is 0.0117. The lowest BCUT2D eigenvalue weighted by Gasteiger charge is -2.49. The molecule has 1 N–H and O–H groups in total. The first-order chi connectivity index (χ1) is 10.4. The first-order valence-electron chi connectivity index (χ1n) is 8.48. The van der Waals surface area contributed by atoms with E-state index >= 15 is 0 Å². The van der Waals surface area contributed by atoms with Gasteiger partial charge in [-0.25, -0.2) is 0 Å². The second-order valence-corrected chi connectivity index (χ2v) is 13.0. The van der Waals surface area contributed by atoms with E-state index in [1.807, 2.05) is 0 Å². The van der Waals surface area contributed by atoms with Crippen molar-refractivity contribution in [3.05, 3.63) is 0 Å². The number of hydrogen-bond acceptors (Lipinski definition) is 5. The van der Waals surface area contributed by atoms with E-state index in [1.54, 1.807) is 0 Å². The van der Waals surface area contributed by atoms with Gasteiger partial charge >= 0.3 is 5.97 Å². The Morgan fingerprint density at radius 2 is 1.70 bits per heavy atom. The number of hydrogen-bond donors (Lipinski definition) is 1. The number of aliphatic hydroxyl groups is 1. The topological polar surface area (TPSA) is 65.0 Å². The van der Waals surface area contributed by atoms with Crippen molar-refractivity contribution in [3.8, 4) is 0 Å². The van der Waals surface area contributed by atoms with Crippen LogP contribution >= 0.6 is 0 Å². The van der Waals surface area contributed by atoms with Crippen molar-refractivity contribution in [2.24, 2.45) is 11.8 Å². The van der Waals surface area contributed by atoms with Crippen LogP contribution in [0.1, 0.15) is 41.5 Å². The summed E-state index contributed by atoms with van der Waals surface area (Å²) in [6.45, 7) is 16.8. The predicted molar refractivity (Wildman–Crippen MR) is 92.8 cm³/mol. The van der Waals surface area contributed by atoms with Gasteiger partial charge in [0.2, 0.25) is 0 Å². The van der Waals surface area contributed by atoms with Gasteiger partial charge in [-0.1, -0.05) is 34.6 Å². The van der Waals surface area contributed by atoms with Crippen LogP contribution in [0.25, 0.3) is 0 Å². The molecule has 136 valence electrons. The summed E-state index contributed by atoms with van der Waals surface area (Å²) >= 11 is 0. The molecule has 0 aromatic rings. The normalized spacial score (nSPS) is 32.7. The van der Waals surface area contributed by atoms with Gasteiger partial charge in [-0.05, 0) is 18.1 Å². The summed E-state index contributed by atoms with van der Waals surface area (Å²) in [5, 5.41) is 9.76. The van der Waals surface area contributed by atoms with Gasteiger partial charge < -0.3 is 19.0 Å². The Morgan fingerprint density at radius 1 is 1.17 bits per heavy atom. The first-order valence-corrected chi connectivity index (χ1v) is 11.4. The summed E-state index contributed by atoms with van der Waals surface area (Å²) in [5.74, 6) is -0.124. The molecule has 0 aliphatic carbocycles. The molecule has 1 aliphatic heterocycles. The molecule has 0 radical (unpaired) electrons. The fraction of sp³-hybridized carbons (Fsp3) is 0.941. The Kier molecular flexibility index (Phi) is 6.84. The zero-order chi connectivity index (χ0) is 18.0. The maximum atomic E-state index is 11.1. The maximum absolute atomic E-state index is 11.1. The van der Waals surface area contributed by atoms with Crippen LogP contribution in [0.4, 0.5) is 0 Å². The van der Waals surface area contributed by atoms with Crippen LogP contribution in [0, 0.1) is 11.8 Å². The van der Waals surface area contributed by atoms with Gasteiger partial charge in [0.05, 0.1) is 24.9 Å². The minimum Gasteiger partial charge on any atom is -0.463 e. The van der Waals surface area contributed by atoms with Crippen molar-refractivity contribution in [2.45, 2.75) is 78.0 Å². The molecule has 1 saturated heterocycles. The second kappa shape index (κ2) is 7.63. The molecule has 1 rings (SSSR count). The second-order valence-electron chi connectivity index (χ2n) is 8.26. The first kappa shape index (κ1) is 20.6. The number of carbonyl (C=O) groups excluding carboxylic acids is 1. The van der Waals surface area contributed by atoms with E-state index in [0.717, 1.165) is 0 Å². The van der Waals surface area contributed by atoms with Gasteiger partial charge in [0.15, 0.2) is 8.32 Å². The van der Waals surface area contributed by atoms with Crippen LogP contribution in [0.2, 0.25) is 18.1 Å². The van der Waals surface area contributed by atoms with Crippen molar-refractivity contribution in [1.29, 1.82) is 0 Å². The summed E-state index contributed by atoms with van der Waals surface area (Å²) in [7, 11) is -1.94. The fourth-order valence-corrected chi connectivity index (χ4v) is 4.17. The highest BCUT2D eigenvalue weighted by molar-refractivity contribution is 6.74. The Bertz CT molecular complexity index is 404. The van der Waals surface area contributed by atoms with Crippen molar-refractivity contribution >= 4 is 14.3 Å². The molecule has 0 aromatic heterocycles. The molecule has 23 heavy (non-hydrogen) atoms. The van der Waals surface area contributed by atoms with Crippen LogP contribution in [0.5, 0.6) is 0 Å². The number of rotatable bonds is 5. The maximum Gasteiger partial charge on any atom is 0.302 e. The zero-order valence-electron chi connectivity index (χ0n) is 15.9. The summed E-state index contributed by atoms with van der Waals surface area (Å²) in [6, 6.07) is 0. The summed E-state index contributed by atoms with van der Waals surface area (Å²) < 4.78 is 17.7. The monoisotopic (exact) mass is 346 g/mol. The van der Waals surface area contributed by atoms with Gasteiger partial charge in [-0.3, -0.25) is 4.79 Å². The molecule has 0 aromatic carbocycles. The highest BCUT2D eigenvalue weighted by atomic mass is 28.4. The molecule has 5 nitrogen and oxygen atoms in total. The third kappa shape index (κ3) is 5.02. The van der Waals surface area contributed by atoms with Gasteiger partial charge in [0.25, 0.3) is 0 Å². The lowest BCUT2D eigenvalue weighted by Crippen LogP contribution is -2.57. The Hall–Kier alpha value is -0.433. The van der Waals surface area contributed by atoms with E-state index in [-0.39, 0.29) is 54.4 Å². The third-order valence-electron chi connectivity index (χ3n) is 5.43. The molecule has 0 saturated carbocycles. The molecule has 5 atom stereocenters. The molecule has 0 bridgehead atoms. The van der Waals surface area contributed by atoms with Crippen molar-refractivity contribution in [3.63, 3.8) is 0 Å². The van der Waals surface area contributed by atoms with Crippen LogP contribution in [0.3, 0.4) is 0 Å². The molecular weight excluding hydrogens is 312 g/mol. The quantitative estimate of drug-likeness (QED) is 0.612. The van der Waals surface area contributed by atoms with Gasteiger partial charge in [0.1, 0.15) is 6.61 Å². The summed E-state index contributed by atoms with van der Waals surface area (Å²) in [4.78, 5) is 11.1. The molecule has 6 heteroatoms. The largest absolute Gasteiger partial charge is 0.463 e. The molecule has 1 fully saturated rings. The Balaban J connectivity index is 2.94. The molecule has 0 amide bonds. The molecule has 1 aliphatic rings. The fourth-order valence-electron chi connectivity index (χ4n) is 2.71. The summed E-state index contributed by atoms with van der Waals surface area (Å²) in [6.07, 6.45) is -0.550. The van der Waals surface area contributed by atoms with Gasteiger partial charge in [-0.15, -0.1) is 0 Å². The molecule has 0 unspecified atom stereocenters. The lowest BCUT2D eigenvalue weighted by atomic mass is 9.83. The summed E-state index contributed by atoms with van der Waals surface area (Å²) in [5.41, 5.74) is 0. The SMILES string of the molecule is CC(=O)OC[C@H]1O[C@@H](CO)[C@@H](C)[C@@H](O[Si](C)(C)C(C)(C)C)[C@H]1C. The van der Waals surface area contributed by atoms with Gasteiger partial charge in [-0.2, -0.15) is 0 Å². The van der Waals surface area contributed by atoms with E-state index in [2.05, 4.69) is 47.7 Å². The van der Waals surface area contributed by atoms with E-state index in [0.29, 0.717) is 0 Å². The van der Waals surface area contributed by atoms with E-state index < -0.39 is 8.32 Å². The Labute approximate surface area is 141 Å². The minimum atomic E-state index is -1.94. The standard InChI is InChI=1S/C17H34O5Si/c1-11-14(9-18)21-15(10-20-13(3)19)12(2)16(11)22-23(7,8)17(4,5)6/h11-12,14-16,18H,9-10H2,1-8H3/t11-,12+,14+,15-,16-/m1/s1. The molecule has 1 heterocycles. The number of carbonyl (C=O) groups is 1. The molecule has 0 spiro atoms. The lowest BCUT2D eigenvalue weighted by molar-refractivity contribution is -0.189. The van der Waals surface area contributed by atoms with E-state index in [1.165, 1.54) is 6.92 Å². The Morgan fingerprint density at radius 3 is 2.13 bits per heavy atom. The highest BCUT2D eigenvalue weighted by Gasteiger charge is 2.47. The highest BCUT2D eigenvalue weighted by Crippen LogP contribution is 2.41. The molecular formula is C17H34O5Si. The van der Waals surface area contributed by atoms with Gasteiger partial charge in [0, 0.05) is 18.8 Å².